The summed E-state index contributed by atoms with van der Waals surface area (Å²) < 4.78 is 13.0. The number of amides is 1. The molecule has 0 aliphatic carbocycles. The van der Waals surface area contributed by atoms with Gasteiger partial charge < -0.3 is 10.2 Å². The Morgan fingerprint density at radius 3 is 2.74 bits per heavy atom. The summed E-state index contributed by atoms with van der Waals surface area (Å²) in [5.41, 5.74) is 1.95. The minimum atomic E-state index is -0.217. The summed E-state index contributed by atoms with van der Waals surface area (Å²) in [5.74, 6) is -0.0508. The van der Waals surface area contributed by atoms with Gasteiger partial charge in [-0.2, -0.15) is 0 Å². The first-order chi connectivity index (χ1) is 9.16. The second-order valence-corrected chi connectivity index (χ2v) is 5.12. The van der Waals surface area contributed by atoms with E-state index in [0.717, 1.165) is 37.1 Å². The minimum Gasteiger partial charge on any atom is -0.342 e. The summed E-state index contributed by atoms with van der Waals surface area (Å²) in [7, 11) is 0. The monoisotopic (exact) mass is 264 g/mol. The average molecular weight is 264 g/mol. The molecule has 1 aromatic carbocycles. The molecule has 1 aromatic rings. The Kier molecular flexibility index (Phi) is 4.91. The highest BCUT2D eigenvalue weighted by molar-refractivity contribution is 5.78. The van der Waals surface area contributed by atoms with Crippen LogP contribution in [0.1, 0.15) is 30.4 Å². The molecular weight excluding hydrogens is 243 g/mol. The van der Waals surface area contributed by atoms with Gasteiger partial charge in [0.15, 0.2) is 0 Å². The normalized spacial score (nSPS) is 15.6. The lowest BCUT2D eigenvalue weighted by molar-refractivity contribution is -0.131. The molecule has 4 heteroatoms. The molecule has 0 saturated carbocycles. The van der Waals surface area contributed by atoms with E-state index in [1.165, 1.54) is 18.6 Å². The number of nitrogens with one attached hydrogen (secondary N) is 1. The number of rotatable bonds is 4. The van der Waals surface area contributed by atoms with Crippen LogP contribution >= 0.6 is 0 Å². The maximum Gasteiger partial charge on any atom is 0.236 e. The maximum absolute atomic E-state index is 13.0. The van der Waals surface area contributed by atoms with Crippen molar-refractivity contribution in [1.82, 2.24) is 10.2 Å². The third kappa shape index (κ3) is 4.03. The van der Waals surface area contributed by atoms with Gasteiger partial charge in [-0.05, 0) is 49.4 Å². The van der Waals surface area contributed by atoms with Crippen molar-refractivity contribution in [3.05, 3.63) is 35.1 Å². The summed E-state index contributed by atoms with van der Waals surface area (Å²) in [5, 5.41) is 3.15. The van der Waals surface area contributed by atoms with Gasteiger partial charge in [0.1, 0.15) is 5.82 Å². The summed E-state index contributed by atoms with van der Waals surface area (Å²) in [6.45, 7) is 4.61. The highest BCUT2D eigenvalue weighted by Crippen LogP contribution is 2.10. The van der Waals surface area contributed by atoms with Gasteiger partial charge >= 0.3 is 0 Å². The molecule has 0 radical (unpaired) electrons. The first kappa shape index (κ1) is 14.0. The van der Waals surface area contributed by atoms with E-state index in [4.69, 9.17) is 0 Å². The summed E-state index contributed by atoms with van der Waals surface area (Å²) in [4.78, 5) is 13.9. The predicted octanol–water partition coefficient (Wildman–Crippen LogP) is 2.24. The van der Waals surface area contributed by atoms with Crippen LogP contribution in [0.2, 0.25) is 0 Å². The molecule has 0 spiro atoms. The molecule has 3 nitrogen and oxygen atoms in total. The average Bonchev–Trinajstić information content (AvgIpc) is 2.42. The minimum absolute atomic E-state index is 0.166. The second-order valence-electron chi connectivity index (χ2n) is 5.12. The van der Waals surface area contributed by atoms with Crippen LogP contribution in [0, 0.1) is 12.7 Å². The number of hydrogen-bond acceptors (Lipinski definition) is 2. The quantitative estimate of drug-likeness (QED) is 0.904. The Bertz CT molecular complexity index is 442. The van der Waals surface area contributed by atoms with Crippen molar-refractivity contribution >= 4 is 5.91 Å². The van der Waals surface area contributed by atoms with E-state index in [1.54, 1.807) is 6.07 Å². The first-order valence-electron chi connectivity index (χ1n) is 6.90. The standard InChI is InChI=1S/C15H21FN2O/c1-12-9-14(16)6-5-13(12)10-17-11-15(19)18-7-3-2-4-8-18/h5-6,9,17H,2-4,7-8,10-11H2,1H3. The molecule has 1 heterocycles. The number of hydrogen-bond donors (Lipinski definition) is 1. The molecule has 0 aromatic heterocycles. The summed E-state index contributed by atoms with van der Waals surface area (Å²) >= 11 is 0. The van der Waals surface area contributed by atoms with Gasteiger partial charge in [-0.25, -0.2) is 4.39 Å². The van der Waals surface area contributed by atoms with Gasteiger partial charge in [0.05, 0.1) is 6.54 Å². The maximum atomic E-state index is 13.0. The number of benzene rings is 1. The molecule has 0 bridgehead atoms. The van der Waals surface area contributed by atoms with Gasteiger partial charge in [0.2, 0.25) is 5.91 Å². The smallest absolute Gasteiger partial charge is 0.236 e. The zero-order valence-electron chi connectivity index (χ0n) is 11.4. The molecule has 1 aliphatic rings. The second kappa shape index (κ2) is 6.66. The van der Waals surface area contributed by atoms with E-state index in [2.05, 4.69) is 5.32 Å². The molecule has 1 N–H and O–H groups in total. The SMILES string of the molecule is Cc1cc(F)ccc1CNCC(=O)N1CCCCC1. The zero-order chi connectivity index (χ0) is 13.7. The Morgan fingerprint density at radius 2 is 2.05 bits per heavy atom. The number of halogens is 1. The van der Waals surface area contributed by atoms with Crippen molar-refractivity contribution in [3.63, 3.8) is 0 Å². The van der Waals surface area contributed by atoms with Crippen LogP contribution in [-0.4, -0.2) is 30.4 Å². The van der Waals surface area contributed by atoms with Gasteiger partial charge in [-0.15, -0.1) is 0 Å². The first-order valence-corrected chi connectivity index (χ1v) is 6.90. The van der Waals surface area contributed by atoms with E-state index in [1.807, 2.05) is 11.8 Å². The number of aryl methyl sites for hydroxylation is 1. The molecule has 2 rings (SSSR count). The molecule has 0 unspecified atom stereocenters. The highest BCUT2D eigenvalue weighted by Gasteiger charge is 2.15. The number of likely N-dealkylation sites (tertiary alicyclic amines) is 1. The fourth-order valence-corrected chi connectivity index (χ4v) is 2.42. The van der Waals surface area contributed by atoms with E-state index >= 15 is 0 Å². The van der Waals surface area contributed by atoms with Crippen LogP contribution in [0.3, 0.4) is 0 Å². The summed E-state index contributed by atoms with van der Waals surface area (Å²) in [6.07, 6.45) is 3.46. The van der Waals surface area contributed by atoms with E-state index in [-0.39, 0.29) is 11.7 Å². The topological polar surface area (TPSA) is 32.3 Å². The zero-order valence-corrected chi connectivity index (χ0v) is 11.4. The van der Waals surface area contributed by atoms with Crippen LogP contribution in [0.5, 0.6) is 0 Å². The Balaban J connectivity index is 1.78. The molecule has 0 atom stereocenters. The molecule has 1 amide bonds. The van der Waals surface area contributed by atoms with Crippen molar-refractivity contribution < 1.29 is 9.18 Å². The lowest BCUT2D eigenvalue weighted by Crippen LogP contribution is -2.41. The number of carbonyl (C=O) groups excluding carboxylic acids is 1. The number of nitrogens with zero attached hydrogens (tertiary/aromatic N) is 1. The summed E-state index contributed by atoms with van der Waals surface area (Å²) in [6, 6.07) is 4.74. The molecular formula is C15H21FN2O. The fraction of sp³-hybridized carbons (Fsp3) is 0.533. The molecule has 104 valence electrons. The van der Waals surface area contributed by atoms with E-state index < -0.39 is 0 Å². The Hall–Kier alpha value is -1.42. The van der Waals surface area contributed by atoms with Crippen molar-refractivity contribution in [2.24, 2.45) is 0 Å². The lowest BCUT2D eigenvalue weighted by atomic mass is 10.1. The number of piperidine rings is 1. The fourth-order valence-electron chi connectivity index (χ4n) is 2.42. The number of carbonyl (C=O) groups is 1. The van der Waals surface area contributed by atoms with Crippen molar-refractivity contribution in [2.45, 2.75) is 32.7 Å². The van der Waals surface area contributed by atoms with Gasteiger partial charge in [0, 0.05) is 19.6 Å². The van der Waals surface area contributed by atoms with Crippen molar-refractivity contribution in [1.29, 1.82) is 0 Å². The largest absolute Gasteiger partial charge is 0.342 e. The third-order valence-corrected chi connectivity index (χ3v) is 3.61. The molecule has 1 saturated heterocycles. The van der Waals surface area contributed by atoms with Crippen molar-refractivity contribution in [3.8, 4) is 0 Å². The van der Waals surface area contributed by atoms with Gasteiger partial charge in [-0.3, -0.25) is 4.79 Å². The molecule has 1 aliphatic heterocycles. The third-order valence-electron chi connectivity index (χ3n) is 3.61. The van der Waals surface area contributed by atoms with Crippen LogP contribution in [0.15, 0.2) is 18.2 Å². The molecule has 1 fully saturated rings. The molecule has 19 heavy (non-hydrogen) atoms. The van der Waals surface area contributed by atoms with Crippen molar-refractivity contribution in [2.75, 3.05) is 19.6 Å². The lowest BCUT2D eigenvalue weighted by Gasteiger charge is -2.26. The van der Waals surface area contributed by atoms with Crippen LogP contribution < -0.4 is 5.32 Å². The predicted molar refractivity (Wildman–Crippen MR) is 73.3 cm³/mol. The Morgan fingerprint density at radius 1 is 1.32 bits per heavy atom. The van der Waals surface area contributed by atoms with Crippen LogP contribution in [0.4, 0.5) is 4.39 Å². The van der Waals surface area contributed by atoms with Crippen LogP contribution in [-0.2, 0) is 11.3 Å². The highest BCUT2D eigenvalue weighted by atomic mass is 19.1. The van der Waals surface area contributed by atoms with E-state index in [0.29, 0.717) is 13.1 Å². The van der Waals surface area contributed by atoms with Gasteiger partial charge in [-0.1, -0.05) is 6.07 Å². The Labute approximate surface area is 113 Å². The van der Waals surface area contributed by atoms with Crippen LogP contribution in [0.25, 0.3) is 0 Å². The van der Waals surface area contributed by atoms with E-state index in [9.17, 15) is 9.18 Å². The van der Waals surface area contributed by atoms with Gasteiger partial charge in [0.25, 0.3) is 0 Å².